The lowest BCUT2D eigenvalue weighted by atomic mass is 9.98. The van der Waals surface area contributed by atoms with Crippen molar-refractivity contribution in [3.8, 4) is 11.3 Å². The van der Waals surface area contributed by atoms with Crippen molar-refractivity contribution in [3.63, 3.8) is 0 Å². The van der Waals surface area contributed by atoms with E-state index in [0.717, 1.165) is 34.2 Å². The minimum Gasteiger partial charge on any atom is -0.444 e. The molecule has 1 saturated heterocycles. The molecule has 1 amide bonds. The number of ether oxygens (including phenoxy) is 2. The van der Waals surface area contributed by atoms with Gasteiger partial charge < -0.3 is 19.2 Å². The molecule has 1 fully saturated rings. The van der Waals surface area contributed by atoms with Crippen LogP contribution in [0.1, 0.15) is 28.7 Å². The molecule has 0 spiro atoms. The maximum Gasteiger partial charge on any atom is 0.407 e. The van der Waals surface area contributed by atoms with Crippen LogP contribution in [-0.2, 0) is 33.7 Å². The number of ketones is 1. The highest BCUT2D eigenvalue weighted by atomic mass is 16.6. The SMILES string of the molecule is Cc1cc(CC(=O)Cc2cccc(CNC(=O)O[C@H]3CCOC3)c2)ccc1-c1cnco1. The fourth-order valence-electron chi connectivity index (χ4n) is 3.80. The number of amides is 1. The van der Waals surface area contributed by atoms with Crippen molar-refractivity contribution >= 4 is 11.9 Å². The van der Waals surface area contributed by atoms with E-state index in [0.29, 0.717) is 38.4 Å². The summed E-state index contributed by atoms with van der Waals surface area (Å²) in [6.45, 7) is 3.41. The van der Waals surface area contributed by atoms with Crippen LogP contribution >= 0.6 is 0 Å². The Balaban J connectivity index is 1.29. The number of nitrogens with one attached hydrogen (secondary N) is 1. The second-order valence-electron chi connectivity index (χ2n) is 7.97. The molecule has 1 atom stereocenters. The van der Waals surface area contributed by atoms with Gasteiger partial charge in [0.2, 0.25) is 0 Å². The van der Waals surface area contributed by atoms with E-state index in [-0.39, 0.29) is 11.9 Å². The Bertz CT molecular complexity index is 1070. The number of carbonyl (C=O) groups is 2. The quantitative estimate of drug-likeness (QED) is 0.576. The van der Waals surface area contributed by atoms with Gasteiger partial charge in [0, 0.05) is 31.4 Å². The van der Waals surface area contributed by atoms with Crippen LogP contribution < -0.4 is 5.32 Å². The van der Waals surface area contributed by atoms with Gasteiger partial charge in [-0.25, -0.2) is 9.78 Å². The third-order valence-electron chi connectivity index (χ3n) is 5.38. The summed E-state index contributed by atoms with van der Waals surface area (Å²) in [6.07, 6.45) is 3.88. The lowest BCUT2D eigenvalue weighted by molar-refractivity contribution is -0.117. The molecule has 32 heavy (non-hydrogen) atoms. The molecule has 7 heteroatoms. The van der Waals surface area contributed by atoms with E-state index in [2.05, 4.69) is 10.3 Å². The fourth-order valence-corrected chi connectivity index (χ4v) is 3.80. The molecule has 0 unspecified atom stereocenters. The van der Waals surface area contributed by atoms with Gasteiger partial charge in [0.1, 0.15) is 11.9 Å². The predicted octanol–water partition coefficient (Wildman–Crippen LogP) is 4.02. The van der Waals surface area contributed by atoms with Crippen molar-refractivity contribution in [2.75, 3.05) is 13.2 Å². The lowest BCUT2D eigenvalue weighted by Gasteiger charge is -2.11. The summed E-state index contributed by atoms with van der Waals surface area (Å²) in [5.41, 5.74) is 4.81. The number of benzene rings is 2. The third-order valence-corrected chi connectivity index (χ3v) is 5.38. The molecule has 2 aromatic carbocycles. The van der Waals surface area contributed by atoms with E-state index in [1.165, 1.54) is 6.39 Å². The molecule has 3 aromatic rings. The number of carbonyl (C=O) groups excluding carboxylic acids is 2. The standard InChI is InChI=1S/C25H26N2O5/c1-17-9-19(5-6-23(17)24-14-26-16-31-24)12-21(28)11-18-3-2-4-20(10-18)13-27-25(29)32-22-7-8-30-15-22/h2-6,9-10,14,16,22H,7-8,11-13,15H2,1H3,(H,27,29)/t22-/m0/s1. The zero-order valence-corrected chi connectivity index (χ0v) is 18.0. The molecule has 1 aliphatic rings. The highest BCUT2D eigenvalue weighted by Crippen LogP contribution is 2.24. The third kappa shape index (κ3) is 5.82. The average molecular weight is 434 g/mol. The molecule has 166 valence electrons. The summed E-state index contributed by atoms with van der Waals surface area (Å²) in [5, 5.41) is 2.76. The Hall–Kier alpha value is -3.45. The van der Waals surface area contributed by atoms with Gasteiger partial charge in [0.25, 0.3) is 0 Å². The minimum absolute atomic E-state index is 0.127. The van der Waals surface area contributed by atoms with Gasteiger partial charge in [-0.05, 0) is 29.2 Å². The zero-order chi connectivity index (χ0) is 22.3. The topological polar surface area (TPSA) is 90.7 Å². The number of nitrogens with zero attached hydrogens (tertiary/aromatic N) is 1. The van der Waals surface area contributed by atoms with Gasteiger partial charge in [0.05, 0.1) is 19.4 Å². The number of oxazole rings is 1. The smallest absolute Gasteiger partial charge is 0.407 e. The van der Waals surface area contributed by atoms with E-state index in [1.807, 2.05) is 49.4 Å². The van der Waals surface area contributed by atoms with E-state index in [1.54, 1.807) is 6.20 Å². The Morgan fingerprint density at radius 1 is 1.12 bits per heavy atom. The Morgan fingerprint density at radius 2 is 1.94 bits per heavy atom. The first-order valence-corrected chi connectivity index (χ1v) is 10.7. The van der Waals surface area contributed by atoms with Crippen molar-refractivity contribution in [2.45, 2.75) is 38.8 Å². The first-order chi connectivity index (χ1) is 15.6. The van der Waals surface area contributed by atoms with E-state index < -0.39 is 6.09 Å². The highest BCUT2D eigenvalue weighted by molar-refractivity contribution is 5.83. The van der Waals surface area contributed by atoms with Crippen LogP contribution in [0.15, 0.2) is 59.5 Å². The number of alkyl carbamates (subject to hydrolysis) is 1. The van der Waals surface area contributed by atoms with Gasteiger partial charge in [-0.1, -0.05) is 42.5 Å². The van der Waals surface area contributed by atoms with Crippen LogP contribution in [-0.4, -0.2) is 36.2 Å². The summed E-state index contributed by atoms with van der Waals surface area (Å²) in [7, 11) is 0. The van der Waals surface area contributed by atoms with Crippen LogP contribution in [0.3, 0.4) is 0 Å². The van der Waals surface area contributed by atoms with Crippen molar-refractivity contribution in [3.05, 3.63) is 77.3 Å². The lowest BCUT2D eigenvalue weighted by Crippen LogP contribution is -2.28. The van der Waals surface area contributed by atoms with Crippen LogP contribution in [0.2, 0.25) is 0 Å². The molecule has 0 saturated carbocycles. The van der Waals surface area contributed by atoms with E-state index in [4.69, 9.17) is 13.9 Å². The normalized spacial score (nSPS) is 15.5. The molecule has 1 aliphatic heterocycles. The predicted molar refractivity (Wildman–Crippen MR) is 118 cm³/mol. The molecule has 2 heterocycles. The number of rotatable bonds is 8. The summed E-state index contributed by atoms with van der Waals surface area (Å²) in [5.74, 6) is 0.842. The fraction of sp³-hybridized carbons (Fsp3) is 0.320. The molecule has 0 aliphatic carbocycles. The Morgan fingerprint density at radius 3 is 2.66 bits per heavy atom. The summed E-state index contributed by atoms with van der Waals surface area (Å²) >= 11 is 0. The summed E-state index contributed by atoms with van der Waals surface area (Å²) in [4.78, 5) is 28.5. The van der Waals surface area contributed by atoms with Gasteiger partial charge in [0.15, 0.2) is 12.2 Å². The Labute approximate surface area is 186 Å². The van der Waals surface area contributed by atoms with Gasteiger partial charge in [-0.15, -0.1) is 0 Å². The first-order valence-electron chi connectivity index (χ1n) is 10.7. The van der Waals surface area contributed by atoms with E-state index in [9.17, 15) is 9.59 Å². The average Bonchev–Trinajstić information content (AvgIpc) is 3.47. The first kappa shape index (κ1) is 21.8. The number of hydrogen-bond donors (Lipinski definition) is 1. The number of aryl methyl sites for hydroxylation is 1. The second kappa shape index (κ2) is 10.2. The van der Waals surface area contributed by atoms with Crippen LogP contribution in [0, 0.1) is 6.92 Å². The minimum atomic E-state index is -0.453. The van der Waals surface area contributed by atoms with Crippen molar-refractivity contribution in [1.82, 2.24) is 10.3 Å². The van der Waals surface area contributed by atoms with Gasteiger partial charge in [-0.3, -0.25) is 4.79 Å². The van der Waals surface area contributed by atoms with Crippen molar-refractivity contribution in [2.24, 2.45) is 0 Å². The monoisotopic (exact) mass is 434 g/mol. The number of hydrogen-bond acceptors (Lipinski definition) is 6. The molecule has 7 nitrogen and oxygen atoms in total. The molecule has 0 bridgehead atoms. The molecule has 0 radical (unpaired) electrons. The van der Waals surface area contributed by atoms with Crippen LogP contribution in [0.4, 0.5) is 4.79 Å². The molecule has 1 N–H and O–H groups in total. The van der Waals surface area contributed by atoms with Gasteiger partial charge >= 0.3 is 6.09 Å². The number of aromatic nitrogens is 1. The maximum atomic E-state index is 12.6. The van der Waals surface area contributed by atoms with Gasteiger partial charge in [-0.2, -0.15) is 0 Å². The molecular formula is C25H26N2O5. The van der Waals surface area contributed by atoms with Crippen LogP contribution in [0.25, 0.3) is 11.3 Å². The summed E-state index contributed by atoms with van der Waals surface area (Å²) < 4.78 is 15.9. The molecular weight excluding hydrogens is 408 g/mol. The zero-order valence-electron chi connectivity index (χ0n) is 18.0. The molecule has 4 rings (SSSR count). The van der Waals surface area contributed by atoms with Crippen molar-refractivity contribution < 1.29 is 23.5 Å². The van der Waals surface area contributed by atoms with E-state index >= 15 is 0 Å². The second-order valence-corrected chi connectivity index (χ2v) is 7.97. The Kier molecular flexibility index (Phi) is 6.97. The summed E-state index contributed by atoms with van der Waals surface area (Å²) in [6, 6.07) is 13.6. The maximum absolute atomic E-state index is 12.6. The molecule has 1 aromatic heterocycles. The van der Waals surface area contributed by atoms with Crippen LogP contribution in [0.5, 0.6) is 0 Å². The van der Waals surface area contributed by atoms with Crippen molar-refractivity contribution in [1.29, 1.82) is 0 Å². The largest absolute Gasteiger partial charge is 0.444 e. The number of Topliss-reactive ketones (excluding diaryl/α,β-unsaturated/α-hetero) is 1. The highest BCUT2D eigenvalue weighted by Gasteiger charge is 2.19.